The fourth-order valence-electron chi connectivity index (χ4n) is 2.79. The van der Waals surface area contributed by atoms with Gasteiger partial charge in [0, 0.05) is 24.2 Å². The van der Waals surface area contributed by atoms with Gasteiger partial charge >= 0.3 is 0 Å². The standard InChI is InChI=1S/C27H33FN2/c1-7-10-21(3)16-26(19-28)14-13-23(5)30-24(6)27-12-9-11-25(18-27)17-22(4)20-29-15-8-2/h7-16,18,20,24,30H,1,4-5,17,19H2,2-3,6H3/b14-13+,15-8-,21-10-,26-16-,29-20?. The Labute approximate surface area is 181 Å². The Morgan fingerprint density at radius 3 is 2.70 bits per heavy atom. The Bertz CT molecular complexity index is 882. The van der Waals surface area contributed by atoms with Crippen LogP contribution in [-0.4, -0.2) is 12.9 Å². The van der Waals surface area contributed by atoms with Crippen LogP contribution in [0.25, 0.3) is 0 Å². The van der Waals surface area contributed by atoms with E-state index >= 15 is 0 Å². The number of allylic oxidation sites excluding steroid dienone is 9. The van der Waals surface area contributed by atoms with Crippen LogP contribution in [0.1, 0.15) is 37.9 Å². The van der Waals surface area contributed by atoms with Gasteiger partial charge < -0.3 is 5.32 Å². The summed E-state index contributed by atoms with van der Waals surface area (Å²) < 4.78 is 13.2. The molecule has 0 amide bonds. The van der Waals surface area contributed by atoms with Crippen molar-refractivity contribution >= 4 is 6.21 Å². The average molecular weight is 405 g/mol. The maximum atomic E-state index is 13.2. The molecule has 0 saturated carbocycles. The van der Waals surface area contributed by atoms with Crippen molar-refractivity contribution in [3.05, 3.63) is 120 Å². The van der Waals surface area contributed by atoms with E-state index in [2.05, 4.69) is 55.2 Å². The smallest absolute Gasteiger partial charge is 0.115 e. The molecule has 0 saturated heterocycles. The second-order valence-electron chi connectivity index (χ2n) is 7.06. The molecule has 0 aromatic heterocycles. The van der Waals surface area contributed by atoms with Crippen molar-refractivity contribution in [2.45, 2.75) is 33.2 Å². The predicted molar refractivity (Wildman–Crippen MR) is 130 cm³/mol. The van der Waals surface area contributed by atoms with E-state index in [0.29, 0.717) is 5.57 Å². The van der Waals surface area contributed by atoms with Crippen molar-refractivity contribution < 1.29 is 4.39 Å². The SMILES string of the molecule is C=C\C=C(C)/C=C(/C=C/C(=C)NC(C)c1cccc(CC(=C)C=N/C=C\C)c1)CF. The van der Waals surface area contributed by atoms with Crippen molar-refractivity contribution in [3.8, 4) is 0 Å². The topological polar surface area (TPSA) is 24.4 Å². The Balaban J connectivity index is 2.76. The van der Waals surface area contributed by atoms with Crippen molar-refractivity contribution in [3.63, 3.8) is 0 Å². The van der Waals surface area contributed by atoms with Gasteiger partial charge in [-0.15, -0.1) is 0 Å². The molecule has 3 heteroatoms. The number of nitrogens with one attached hydrogen (secondary N) is 1. The third-order valence-corrected chi connectivity index (χ3v) is 4.22. The fourth-order valence-corrected chi connectivity index (χ4v) is 2.79. The Morgan fingerprint density at radius 1 is 1.27 bits per heavy atom. The van der Waals surface area contributed by atoms with Crippen LogP contribution in [0.4, 0.5) is 4.39 Å². The zero-order valence-electron chi connectivity index (χ0n) is 18.4. The third-order valence-electron chi connectivity index (χ3n) is 4.22. The van der Waals surface area contributed by atoms with Gasteiger partial charge in [0.05, 0.1) is 0 Å². The Hall–Kier alpha value is -3.20. The first kappa shape index (κ1) is 24.8. The number of halogens is 1. The van der Waals surface area contributed by atoms with Crippen LogP contribution in [0.2, 0.25) is 0 Å². The molecule has 30 heavy (non-hydrogen) atoms. The monoisotopic (exact) mass is 404 g/mol. The number of aliphatic imine (C=N–C) groups is 1. The van der Waals surface area contributed by atoms with Gasteiger partial charge in [0.25, 0.3) is 0 Å². The molecule has 0 radical (unpaired) electrons. The van der Waals surface area contributed by atoms with Gasteiger partial charge in [0.15, 0.2) is 0 Å². The van der Waals surface area contributed by atoms with E-state index in [9.17, 15) is 4.39 Å². The van der Waals surface area contributed by atoms with Crippen molar-refractivity contribution in [2.24, 2.45) is 4.99 Å². The zero-order chi connectivity index (χ0) is 22.4. The molecule has 1 aromatic carbocycles. The molecule has 0 bridgehead atoms. The van der Waals surface area contributed by atoms with E-state index < -0.39 is 6.67 Å². The highest BCUT2D eigenvalue weighted by molar-refractivity contribution is 5.78. The first-order chi connectivity index (χ1) is 14.4. The van der Waals surface area contributed by atoms with Crippen LogP contribution in [-0.2, 0) is 6.42 Å². The van der Waals surface area contributed by atoms with Gasteiger partial charge in [-0.1, -0.05) is 80.0 Å². The molecule has 0 aliphatic rings. The van der Waals surface area contributed by atoms with Crippen LogP contribution in [0.15, 0.2) is 114 Å². The lowest BCUT2D eigenvalue weighted by molar-refractivity contribution is 0.549. The molecule has 0 aliphatic heterocycles. The summed E-state index contributed by atoms with van der Waals surface area (Å²) in [6, 6.07) is 8.41. The van der Waals surface area contributed by atoms with E-state index in [1.807, 2.05) is 32.1 Å². The third kappa shape index (κ3) is 9.83. The fraction of sp³-hybridized carbons (Fsp3) is 0.222. The molecule has 1 rings (SSSR count). The number of alkyl halides is 1. The van der Waals surface area contributed by atoms with Crippen LogP contribution >= 0.6 is 0 Å². The average Bonchev–Trinajstić information content (AvgIpc) is 2.71. The highest BCUT2D eigenvalue weighted by atomic mass is 19.1. The lowest BCUT2D eigenvalue weighted by Gasteiger charge is -2.17. The Kier molecular flexibility index (Phi) is 11.5. The van der Waals surface area contributed by atoms with E-state index in [0.717, 1.165) is 28.8 Å². The van der Waals surface area contributed by atoms with Gasteiger partial charge in [-0.3, -0.25) is 4.99 Å². The number of rotatable bonds is 12. The molecule has 158 valence electrons. The van der Waals surface area contributed by atoms with Crippen LogP contribution < -0.4 is 5.32 Å². The molecule has 1 N–H and O–H groups in total. The predicted octanol–water partition coefficient (Wildman–Crippen LogP) is 7.14. The molecule has 0 aliphatic carbocycles. The molecule has 1 aromatic rings. The quantitative estimate of drug-likeness (QED) is 0.291. The number of benzene rings is 1. The molecular weight excluding hydrogens is 371 g/mol. The maximum absolute atomic E-state index is 13.2. The largest absolute Gasteiger partial charge is 0.379 e. The summed E-state index contributed by atoms with van der Waals surface area (Å²) in [5.74, 6) is 0. The summed E-state index contributed by atoms with van der Waals surface area (Å²) in [4.78, 5) is 4.18. The molecule has 2 nitrogen and oxygen atoms in total. The lowest BCUT2D eigenvalue weighted by Crippen LogP contribution is -2.16. The number of hydrogen-bond donors (Lipinski definition) is 1. The van der Waals surface area contributed by atoms with E-state index in [-0.39, 0.29) is 6.04 Å². The van der Waals surface area contributed by atoms with Crippen molar-refractivity contribution in [1.82, 2.24) is 5.32 Å². The summed E-state index contributed by atoms with van der Waals surface area (Å²) in [5.41, 5.74) is 5.52. The highest BCUT2D eigenvalue weighted by Crippen LogP contribution is 2.17. The number of nitrogens with zero attached hydrogens (tertiary/aromatic N) is 1. The van der Waals surface area contributed by atoms with Crippen molar-refractivity contribution in [2.75, 3.05) is 6.67 Å². The number of hydrogen-bond acceptors (Lipinski definition) is 2. The van der Waals surface area contributed by atoms with Gasteiger partial charge in [-0.25, -0.2) is 4.39 Å². The lowest BCUT2D eigenvalue weighted by atomic mass is 10.0. The minimum atomic E-state index is -0.537. The molecule has 1 unspecified atom stereocenters. The van der Waals surface area contributed by atoms with E-state index in [1.165, 1.54) is 5.56 Å². The minimum Gasteiger partial charge on any atom is -0.379 e. The summed E-state index contributed by atoms with van der Waals surface area (Å²) in [6.45, 7) is 17.1. The molecule has 0 heterocycles. The maximum Gasteiger partial charge on any atom is 0.115 e. The summed E-state index contributed by atoms with van der Waals surface area (Å²) >= 11 is 0. The summed E-state index contributed by atoms with van der Waals surface area (Å²) in [6.07, 6.45) is 15.0. The Morgan fingerprint density at radius 2 is 2.03 bits per heavy atom. The normalized spacial score (nSPS) is 13.9. The molecule has 0 spiro atoms. The molecular formula is C27H33FN2. The zero-order valence-corrected chi connectivity index (χ0v) is 18.4. The van der Waals surface area contributed by atoms with Crippen LogP contribution in [0.3, 0.4) is 0 Å². The van der Waals surface area contributed by atoms with Gasteiger partial charge in [0.1, 0.15) is 6.67 Å². The van der Waals surface area contributed by atoms with Gasteiger partial charge in [-0.2, -0.15) is 0 Å². The van der Waals surface area contributed by atoms with Crippen molar-refractivity contribution in [1.29, 1.82) is 0 Å². The first-order valence-electron chi connectivity index (χ1n) is 10.00. The van der Waals surface area contributed by atoms with Crippen LogP contribution in [0, 0.1) is 0 Å². The van der Waals surface area contributed by atoms with Gasteiger partial charge in [-0.05, 0) is 55.5 Å². The first-order valence-corrected chi connectivity index (χ1v) is 10.00. The summed E-state index contributed by atoms with van der Waals surface area (Å²) in [7, 11) is 0. The van der Waals surface area contributed by atoms with E-state index in [4.69, 9.17) is 0 Å². The highest BCUT2D eigenvalue weighted by Gasteiger charge is 2.06. The molecule has 1 atom stereocenters. The van der Waals surface area contributed by atoms with Crippen LogP contribution in [0.5, 0.6) is 0 Å². The van der Waals surface area contributed by atoms with E-state index in [1.54, 1.807) is 36.7 Å². The summed E-state index contributed by atoms with van der Waals surface area (Å²) in [5, 5.41) is 3.36. The second kappa shape index (κ2) is 13.9. The molecule has 0 fully saturated rings. The minimum absolute atomic E-state index is 0.0623. The second-order valence-corrected chi connectivity index (χ2v) is 7.06. The van der Waals surface area contributed by atoms with Gasteiger partial charge in [0.2, 0.25) is 0 Å².